The predicted octanol–water partition coefficient (Wildman–Crippen LogP) is 8.80. The summed E-state index contributed by atoms with van der Waals surface area (Å²) in [5, 5.41) is 0. The van der Waals surface area contributed by atoms with Crippen molar-refractivity contribution in [2.24, 2.45) is 0 Å². The molecule has 3 heterocycles. The Kier molecular flexibility index (Phi) is 8.64. The first-order valence-electron chi connectivity index (χ1n) is 9.97. The molecule has 0 aliphatic rings. The third kappa shape index (κ3) is 9.12. The molecule has 0 unspecified atom stereocenters. The van der Waals surface area contributed by atoms with Crippen molar-refractivity contribution >= 4 is 15.9 Å². The normalized spacial score (nSPS) is 12.0. The summed E-state index contributed by atoms with van der Waals surface area (Å²) in [7, 11) is 0. The van der Waals surface area contributed by atoms with Crippen molar-refractivity contribution in [1.82, 2.24) is 0 Å². The van der Waals surface area contributed by atoms with Crippen LogP contribution < -0.4 is 0 Å². The minimum Gasteiger partial charge on any atom is -0.469 e. The number of aryl methyl sites for hydroxylation is 1. The lowest BCUT2D eigenvalue weighted by atomic mass is 9.94. The van der Waals surface area contributed by atoms with Crippen LogP contribution in [-0.4, -0.2) is 0 Å². The molecule has 0 atom stereocenters. The highest BCUT2D eigenvalue weighted by Gasteiger charge is 2.18. The summed E-state index contributed by atoms with van der Waals surface area (Å²) in [5.41, 5.74) is 0.420. The van der Waals surface area contributed by atoms with Crippen molar-refractivity contribution in [1.29, 1.82) is 0 Å². The third-order valence-corrected chi connectivity index (χ3v) is 4.48. The Balaban J connectivity index is 0.000000218. The van der Waals surface area contributed by atoms with Crippen LogP contribution in [0.1, 0.15) is 85.4 Å². The molecule has 0 N–H and O–H groups in total. The van der Waals surface area contributed by atoms with Crippen LogP contribution >= 0.6 is 15.9 Å². The van der Waals surface area contributed by atoms with Gasteiger partial charge in [-0.25, -0.2) is 0 Å². The van der Waals surface area contributed by atoms with Crippen LogP contribution in [0.2, 0.25) is 0 Å². The maximum absolute atomic E-state index is 5.45. The summed E-state index contributed by atoms with van der Waals surface area (Å²) in [6, 6.07) is 11.9. The maximum atomic E-state index is 5.45. The van der Waals surface area contributed by atoms with E-state index < -0.39 is 0 Å². The van der Waals surface area contributed by atoms with E-state index in [1.165, 1.54) is 0 Å². The van der Waals surface area contributed by atoms with Crippen LogP contribution in [0.3, 0.4) is 0 Å². The van der Waals surface area contributed by atoms with E-state index in [1.807, 2.05) is 43.3 Å². The molecule has 162 valence electrons. The molecule has 4 heteroatoms. The fraction of sp³-hybridized carbons (Fsp3) is 0.520. The highest BCUT2D eigenvalue weighted by molar-refractivity contribution is 9.10. The summed E-state index contributed by atoms with van der Waals surface area (Å²) < 4.78 is 16.8. The number of hydrogen-bond acceptors (Lipinski definition) is 3. The lowest BCUT2D eigenvalue weighted by molar-refractivity contribution is 0.395. The van der Waals surface area contributed by atoms with Gasteiger partial charge in [0.1, 0.15) is 23.0 Å². The molecule has 3 nitrogen and oxygen atoms in total. The van der Waals surface area contributed by atoms with Crippen molar-refractivity contribution < 1.29 is 13.3 Å². The number of hydrogen-bond donors (Lipinski definition) is 0. The molecule has 3 aromatic heterocycles. The summed E-state index contributed by atoms with van der Waals surface area (Å²) in [4.78, 5) is 0. The summed E-state index contributed by atoms with van der Waals surface area (Å²) in [6.45, 7) is 21.2. The first-order valence-corrected chi connectivity index (χ1v) is 10.8. The molecule has 0 amide bonds. The van der Waals surface area contributed by atoms with E-state index in [-0.39, 0.29) is 16.2 Å². The highest BCUT2D eigenvalue weighted by atomic mass is 79.9. The zero-order valence-corrected chi connectivity index (χ0v) is 21.2. The van der Waals surface area contributed by atoms with Crippen molar-refractivity contribution in [2.45, 2.75) is 85.5 Å². The van der Waals surface area contributed by atoms with Crippen LogP contribution in [0.5, 0.6) is 0 Å². The average molecular weight is 465 g/mol. The smallest absolute Gasteiger partial charge is 0.169 e. The third-order valence-electron chi connectivity index (χ3n) is 4.05. The number of halogens is 1. The molecule has 29 heavy (non-hydrogen) atoms. The fourth-order valence-electron chi connectivity index (χ4n) is 2.26. The Morgan fingerprint density at radius 2 is 1.10 bits per heavy atom. The topological polar surface area (TPSA) is 39.4 Å². The number of rotatable bonds is 0. The molecular formula is C25H37BrO3. The minimum absolute atomic E-state index is 0.117. The van der Waals surface area contributed by atoms with Crippen molar-refractivity contribution in [3.8, 4) is 0 Å². The molecule has 0 aliphatic heterocycles. The van der Waals surface area contributed by atoms with Crippen LogP contribution in [0.25, 0.3) is 0 Å². The van der Waals surface area contributed by atoms with Gasteiger partial charge >= 0.3 is 0 Å². The monoisotopic (exact) mass is 464 g/mol. The Morgan fingerprint density at radius 1 is 0.621 bits per heavy atom. The standard InChI is InChI=1S/C9H14O.C8H11BrO.C8H12O/c1-7-5-6-8(10-7)9(2,3)4;1-8(2,3)6-4-5-7(9)10-6;1-8(2,3)7-5-4-6-9-7/h5-6H,1-4H3;4-5H,1-3H3;4-6H,1-3H3. The fourth-order valence-corrected chi connectivity index (χ4v) is 2.57. The Hall–Kier alpha value is -1.68. The van der Waals surface area contributed by atoms with Gasteiger partial charge in [-0.15, -0.1) is 0 Å². The van der Waals surface area contributed by atoms with Gasteiger partial charge in [-0.05, 0) is 59.3 Å². The van der Waals surface area contributed by atoms with Crippen molar-refractivity contribution in [3.63, 3.8) is 0 Å². The van der Waals surface area contributed by atoms with Gasteiger partial charge in [0.15, 0.2) is 4.67 Å². The molecule has 0 aliphatic carbocycles. The minimum atomic E-state index is 0.117. The molecule has 0 aromatic carbocycles. The van der Waals surface area contributed by atoms with E-state index in [4.69, 9.17) is 13.3 Å². The van der Waals surface area contributed by atoms with E-state index in [0.717, 1.165) is 27.7 Å². The molecule has 0 fully saturated rings. The molecule has 3 rings (SSSR count). The van der Waals surface area contributed by atoms with Crippen LogP contribution in [-0.2, 0) is 16.2 Å². The largest absolute Gasteiger partial charge is 0.469 e. The van der Waals surface area contributed by atoms with Crippen LogP contribution in [0.15, 0.2) is 60.6 Å². The quantitative estimate of drug-likeness (QED) is 0.333. The van der Waals surface area contributed by atoms with Gasteiger partial charge in [-0.3, -0.25) is 0 Å². The van der Waals surface area contributed by atoms with E-state index in [2.05, 4.69) is 78.2 Å². The highest BCUT2D eigenvalue weighted by Crippen LogP contribution is 2.26. The molecule has 0 bridgehead atoms. The Labute approximate surface area is 185 Å². The molecule has 0 radical (unpaired) electrons. The summed E-state index contributed by atoms with van der Waals surface area (Å²) in [5.74, 6) is 4.11. The van der Waals surface area contributed by atoms with Gasteiger partial charge in [-0.2, -0.15) is 0 Å². The van der Waals surface area contributed by atoms with Gasteiger partial charge in [0.2, 0.25) is 0 Å². The number of furan rings is 3. The van der Waals surface area contributed by atoms with Gasteiger partial charge in [0.05, 0.1) is 6.26 Å². The van der Waals surface area contributed by atoms with Gasteiger partial charge < -0.3 is 13.3 Å². The SMILES string of the molecule is CC(C)(C)c1ccc(Br)o1.CC(C)(C)c1ccco1.Cc1ccc(C(C)(C)C)o1. The average Bonchev–Trinajstić information content (AvgIpc) is 3.26. The predicted molar refractivity (Wildman–Crippen MR) is 125 cm³/mol. The first kappa shape index (κ1) is 25.4. The van der Waals surface area contributed by atoms with E-state index in [9.17, 15) is 0 Å². The van der Waals surface area contributed by atoms with Crippen LogP contribution in [0, 0.1) is 6.92 Å². The second-order valence-corrected chi connectivity index (χ2v) is 11.0. The lowest BCUT2D eigenvalue weighted by Crippen LogP contribution is -2.08. The Bertz CT molecular complexity index is 782. The molecular weight excluding hydrogens is 428 g/mol. The van der Waals surface area contributed by atoms with Crippen molar-refractivity contribution in [3.05, 3.63) is 70.4 Å². The van der Waals surface area contributed by atoms with E-state index in [0.29, 0.717) is 0 Å². The second-order valence-electron chi connectivity index (χ2n) is 10.2. The molecule has 0 spiro atoms. The zero-order chi connectivity index (χ0) is 22.5. The van der Waals surface area contributed by atoms with Gasteiger partial charge in [0.25, 0.3) is 0 Å². The van der Waals surface area contributed by atoms with Crippen LogP contribution in [0.4, 0.5) is 0 Å². The lowest BCUT2D eigenvalue weighted by Gasteiger charge is -2.13. The summed E-state index contributed by atoms with van der Waals surface area (Å²) in [6.07, 6.45) is 1.71. The van der Waals surface area contributed by atoms with Crippen molar-refractivity contribution in [2.75, 3.05) is 0 Å². The zero-order valence-electron chi connectivity index (χ0n) is 19.6. The molecule has 0 saturated heterocycles. The molecule has 3 aromatic rings. The first-order chi connectivity index (χ1) is 13.1. The second kappa shape index (κ2) is 9.88. The van der Waals surface area contributed by atoms with Gasteiger partial charge in [0, 0.05) is 16.2 Å². The van der Waals surface area contributed by atoms with E-state index in [1.54, 1.807) is 6.26 Å². The Morgan fingerprint density at radius 3 is 1.31 bits per heavy atom. The molecule has 0 saturated carbocycles. The summed E-state index contributed by atoms with van der Waals surface area (Å²) >= 11 is 3.26. The van der Waals surface area contributed by atoms with Gasteiger partial charge in [-0.1, -0.05) is 62.3 Å². The maximum Gasteiger partial charge on any atom is 0.169 e. The van der Waals surface area contributed by atoms with E-state index >= 15 is 0 Å².